The molecule has 0 heterocycles. The van der Waals surface area contributed by atoms with Gasteiger partial charge in [0.1, 0.15) is 0 Å². The van der Waals surface area contributed by atoms with Crippen LogP contribution in [0.3, 0.4) is 0 Å². The Kier molecular flexibility index (Phi) is 4.56. The van der Waals surface area contributed by atoms with Crippen molar-refractivity contribution in [2.24, 2.45) is 0 Å². The van der Waals surface area contributed by atoms with Gasteiger partial charge in [0.15, 0.2) is 0 Å². The Hall–Kier alpha value is -1.09. The van der Waals surface area contributed by atoms with Crippen LogP contribution >= 0.6 is 15.9 Å². The van der Waals surface area contributed by atoms with Crippen molar-refractivity contribution in [1.29, 1.82) is 0 Å². The molecule has 0 fully saturated rings. The van der Waals surface area contributed by atoms with Crippen molar-refractivity contribution >= 4 is 21.9 Å². The molecule has 0 aliphatic rings. The van der Waals surface area contributed by atoms with Gasteiger partial charge in [0.25, 0.3) is 0 Å². The van der Waals surface area contributed by atoms with E-state index in [9.17, 15) is 4.79 Å². The van der Waals surface area contributed by atoms with E-state index in [2.05, 4.69) is 27.2 Å². The molecule has 0 aromatic heterocycles. The van der Waals surface area contributed by atoms with Gasteiger partial charge in [-0.3, -0.25) is 4.79 Å². The van der Waals surface area contributed by atoms with Crippen LogP contribution < -0.4 is 0 Å². The second-order valence-corrected chi connectivity index (χ2v) is 4.22. The van der Waals surface area contributed by atoms with E-state index < -0.39 is 0 Å². The van der Waals surface area contributed by atoms with Crippen LogP contribution in [-0.2, 0) is 16.0 Å². The van der Waals surface area contributed by atoms with E-state index in [1.807, 2.05) is 24.3 Å². The lowest BCUT2D eigenvalue weighted by Gasteiger charge is -2.04. The largest absolute Gasteiger partial charge is 0.469 e. The number of methoxy groups -OCH3 is 1. The molecule has 2 nitrogen and oxygen atoms in total. The second kappa shape index (κ2) is 5.71. The topological polar surface area (TPSA) is 26.3 Å². The molecule has 0 radical (unpaired) electrons. The highest BCUT2D eigenvalue weighted by molar-refractivity contribution is 9.10. The fourth-order valence-electron chi connectivity index (χ4n) is 1.23. The zero-order valence-electron chi connectivity index (χ0n) is 8.63. The lowest BCUT2D eigenvalue weighted by Crippen LogP contribution is -2.02. The zero-order valence-corrected chi connectivity index (χ0v) is 10.2. The van der Waals surface area contributed by atoms with Crippen LogP contribution in [0.25, 0.3) is 0 Å². The summed E-state index contributed by atoms with van der Waals surface area (Å²) in [5.74, 6) is -0.239. The molecule has 0 aliphatic heterocycles. The predicted molar refractivity (Wildman–Crippen MR) is 63.6 cm³/mol. The highest BCUT2D eigenvalue weighted by Gasteiger charge is 2.04. The van der Waals surface area contributed by atoms with Gasteiger partial charge in [0.05, 0.1) is 13.5 Å². The average Bonchev–Trinajstić information content (AvgIpc) is 2.21. The van der Waals surface area contributed by atoms with E-state index in [0.717, 1.165) is 15.6 Å². The Bertz CT molecular complexity index is 354. The zero-order chi connectivity index (χ0) is 11.3. The average molecular weight is 269 g/mol. The molecule has 0 saturated carbocycles. The van der Waals surface area contributed by atoms with Crippen molar-refractivity contribution in [2.75, 3.05) is 7.11 Å². The number of rotatable bonds is 4. The highest BCUT2D eigenvalue weighted by Crippen LogP contribution is 2.14. The van der Waals surface area contributed by atoms with Gasteiger partial charge in [-0.1, -0.05) is 40.2 Å². The van der Waals surface area contributed by atoms with Crippen LogP contribution in [0, 0.1) is 0 Å². The fourth-order valence-corrected chi connectivity index (χ4v) is 1.49. The Morgan fingerprint density at radius 1 is 1.40 bits per heavy atom. The van der Waals surface area contributed by atoms with Gasteiger partial charge >= 0.3 is 5.97 Å². The molecular weight excluding hydrogens is 256 g/mol. The van der Waals surface area contributed by atoms with Crippen molar-refractivity contribution in [3.05, 3.63) is 46.5 Å². The molecule has 0 aliphatic carbocycles. The molecule has 1 aromatic carbocycles. The molecule has 0 bridgehead atoms. The number of hydrogen-bond donors (Lipinski definition) is 0. The van der Waals surface area contributed by atoms with E-state index in [1.165, 1.54) is 7.11 Å². The maximum absolute atomic E-state index is 11.0. The summed E-state index contributed by atoms with van der Waals surface area (Å²) in [6.07, 6.45) is 0.995. The van der Waals surface area contributed by atoms with E-state index in [0.29, 0.717) is 6.42 Å². The molecule has 3 heteroatoms. The standard InChI is InChI=1S/C12H13BrO2/c1-9(8-12(14)15-2)7-10-3-5-11(13)6-4-10/h3-6H,1,7-8H2,2H3. The normalized spacial score (nSPS) is 9.73. The number of carbonyl (C=O) groups excluding carboxylic acids is 1. The Morgan fingerprint density at radius 3 is 2.53 bits per heavy atom. The number of hydrogen-bond acceptors (Lipinski definition) is 2. The third-order valence-electron chi connectivity index (χ3n) is 1.99. The minimum absolute atomic E-state index is 0.239. The van der Waals surface area contributed by atoms with Crippen LogP contribution in [-0.4, -0.2) is 13.1 Å². The van der Waals surface area contributed by atoms with Crippen LogP contribution in [0.15, 0.2) is 40.9 Å². The summed E-state index contributed by atoms with van der Waals surface area (Å²) in [6, 6.07) is 7.96. The van der Waals surface area contributed by atoms with Crippen LogP contribution in [0.5, 0.6) is 0 Å². The summed E-state index contributed by atoms with van der Waals surface area (Å²) in [4.78, 5) is 11.0. The molecule has 1 aromatic rings. The number of halogens is 1. The van der Waals surface area contributed by atoms with Gasteiger partial charge in [0.2, 0.25) is 0 Å². The maximum atomic E-state index is 11.0. The first-order valence-electron chi connectivity index (χ1n) is 4.59. The maximum Gasteiger partial charge on any atom is 0.309 e. The van der Waals surface area contributed by atoms with Gasteiger partial charge in [-0.2, -0.15) is 0 Å². The molecule has 0 N–H and O–H groups in total. The summed E-state index contributed by atoms with van der Waals surface area (Å²) in [6.45, 7) is 3.85. The summed E-state index contributed by atoms with van der Waals surface area (Å²) in [5.41, 5.74) is 2.01. The van der Waals surface area contributed by atoms with Crippen molar-refractivity contribution in [2.45, 2.75) is 12.8 Å². The summed E-state index contributed by atoms with van der Waals surface area (Å²) in [7, 11) is 1.38. The van der Waals surface area contributed by atoms with E-state index in [4.69, 9.17) is 0 Å². The first-order chi connectivity index (χ1) is 7.11. The summed E-state index contributed by atoms with van der Waals surface area (Å²) >= 11 is 3.37. The fraction of sp³-hybridized carbons (Fsp3) is 0.250. The Labute approximate surface area is 98.1 Å². The summed E-state index contributed by atoms with van der Waals surface area (Å²) < 4.78 is 5.62. The Balaban J connectivity index is 2.51. The first kappa shape index (κ1) is 12.0. The lowest BCUT2D eigenvalue weighted by atomic mass is 10.0. The van der Waals surface area contributed by atoms with Crippen LogP contribution in [0.2, 0.25) is 0 Å². The molecule has 0 saturated heterocycles. The van der Waals surface area contributed by atoms with E-state index in [-0.39, 0.29) is 12.4 Å². The number of carbonyl (C=O) groups is 1. The molecule has 0 unspecified atom stereocenters. The van der Waals surface area contributed by atoms with Gasteiger partial charge in [-0.05, 0) is 24.1 Å². The SMILES string of the molecule is C=C(CC(=O)OC)Cc1ccc(Br)cc1. The van der Waals surface area contributed by atoms with Crippen LogP contribution in [0.4, 0.5) is 0 Å². The smallest absolute Gasteiger partial charge is 0.309 e. The quantitative estimate of drug-likeness (QED) is 0.620. The van der Waals surface area contributed by atoms with Gasteiger partial charge in [-0.25, -0.2) is 0 Å². The minimum atomic E-state index is -0.239. The lowest BCUT2D eigenvalue weighted by molar-refractivity contribution is -0.139. The van der Waals surface area contributed by atoms with Crippen molar-refractivity contribution in [1.82, 2.24) is 0 Å². The highest BCUT2D eigenvalue weighted by atomic mass is 79.9. The van der Waals surface area contributed by atoms with Crippen molar-refractivity contribution in [3.63, 3.8) is 0 Å². The van der Waals surface area contributed by atoms with Crippen molar-refractivity contribution in [3.8, 4) is 0 Å². The first-order valence-corrected chi connectivity index (χ1v) is 5.39. The predicted octanol–water partition coefficient (Wildman–Crippen LogP) is 3.11. The number of ether oxygens (including phenoxy) is 1. The van der Waals surface area contributed by atoms with Crippen molar-refractivity contribution < 1.29 is 9.53 Å². The third-order valence-corrected chi connectivity index (χ3v) is 2.52. The van der Waals surface area contributed by atoms with E-state index >= 15 is 0 Å². The molecule has 80 valence electrons. The molecule has 0 spiro atoms. The molecule has 0 amide bonds. The van der Waals surface area contributed by atoms with Crippen LogP contribution in [0.1, 0.15) is 12.0 Å². The van der Waals surface area contributed by atoms with Gasteiger partial charge in [0, 0.05) is 4.47 Å². The molecular formula is C12H13BrO2. The number of esters is 1. The second-order valence-electron chi connectivity index (χ2n) is 3.31. The molecule has 0 atom stereocenters. The van der Waals surface area contributed by atoms with E-state index in [1.54, 1.807) is 0 Å². The van der Waals surface area contributed by atoms with Gasteiger partial charge in [-0.15, -0.1) is 0 Å². The molecule has 1 rings (SSSR count). The Morgan fingerprint density at radius 2 is 2.00 bits per heavy atom. The minimum Gasteiger partial charge on any atom is -0.469 e. The van der Waals surface area contributed by atoms with Gasteiger partial charge < -0.3 is 4.74 Å². The summed E-state index contributed by atoms with van der Waals surface area (Å²) in [5, 5.41) is 0. The third kappa shape index (κ3) is 4.30. The molecule has 15 heavy (non-hydrogen) atoms. The number of benzene rings is 1. The monoisotopic (exact) mass is 268 g/mol.